The van der Waals surface area contributed by atoms with Gasteiger partial charge in [0, 0.05) is 26.7 Å². The Kier molecular flexibility index (Phi) is 4.34. The largest absolute Gasteiger partial charge is 0.415 e. The lowest BCUT2D eigenvalue weighted by atomic mass is 10.2. The number of hydrogen-bond donors (Lipinski definition) is 0. The summed E-state index contributed by atoms with van der Waals surface area (Å²) in [5, 5.41) is 0. The predicted octanol–water partition coefficient (Wildman–Crippen LogP) is 2.17. The summed E-state index contributed by atoms with van der Waals surface area (Å²) in [5.74, 6) is 0.142. The summed E-state index contributed by atoms with van der Waals surface area (Å²) in [7, 11) is 0.165. The first-order chi connectivity index (χ1) is 6.96. The van der Waals surface area contributed by atoms with Gasteiger partial charge in [0.25, 0.3) is 0 Å². The van der Waals surface area contributed by atoms with Crippen LogP contribution in [0.5, 0.6) is 0 Å². The minimum absolute atomic E-state index is 0.142. The second-order valence-electron chi connectivity index (χ2n) is 4.93. The molecule has 1 amide bonds. The fraction of sp³-hybridized carbons (Fsp3) is 0.909. The van der Waals surface area contributed by atoms with E-state index in [1.807, 2.05) is 11.9 Å². The van der Waals surface area contributed by atoms with Crippen molar-refractivity contribution in [3.05, 3.63) is 0 Å². The fourth-order valence-electron chi connectivity index (χ4n) is 2.09. The molecule has 0 aliphatic carbocycles. The van der Waals surface area contributed by atoms with Crippen LogP contribution in [0.3, 0.4) is 0 Å². The molecule has 0 spiro atoms. The Morgan fingerprint density at radius 3 is 2.80 bits per heavy atom. The Balaban J connectivity index is 2.65. The summed E-state index contributed by atoms with van der Waals surface area (Å²) >= 11 is 0. The van der Waals surface area contributed by atoms with Gasteiger partial charge in [0.05, 0.1) is 0 Å². The Morgan fingerprint density at radius 2 is 2.20 bits per heavy atom. The Morgan fingerprint density at radius 1 is 1.53 bits per heavy atom. The van der Waals surface area contributed by atoms with Crippen molar-refractivity contribution in [2.45, 2.75) is 45.2 Å². The number of nitrogens with zero attached hydrogens (tertiary/aromatic N) is 1. The highest BCUT2D eigenvalue weighted by Gasteiger charge is 2.38. The van der Waals surface area contributed by atoms with E-state index in [0.717, 1.165) is 12.8 Å². The van der Waals surface area contributed by atoms with Crippen LogP contribution in [-0.4, -0.2) is 38.9 Å². The van der Waals surface area contributed by atoms with E-state index in [9.17, 15) is 4.79 Å². The number of amides is 1. The molecule has 0 bridgehead atoms. The zero-order chi connectivity index (χ0) is 11.5. The quantitative estimate of drug-likeness (QED) is 0.679. The van der Waals surface area contributed by atoms with Crippen LogP contribution in [0, 0.1) is 0 Å². The molecule has 1 rings (SSSR count). The molecule has 1 aliphatic rings. The van der Waals surface area contributed by atoms with Crippen molar-refractivity contribution in [3.8, 4) is 0 Å². The van der Waals surface area contributed by atoms with Crippen LogP contribution in [0.1, 0.15) is 33.1 Å². The first kappa shape index (κ1) is 12.7. The van der Waals surface area contributed by atoms with Gasteiger partial charge in [0.15, 0.2) is 0 Å². The van der Waals surface area contributed by atoms with Crippen molar-refractivity contribution < 1.29 is 9.22 Å². The Bertz CT molecular complexity index is 235. The van der Waals surface area contributed by atoms with Crippen molar-refractivity contribution in [3.63, 3.8) is 0 Å². The van der Waals surface area contributed by atoms with E-state index < -0.39 is 8.32 Å². The van der Waals surface area contributed by atoms with E-state index >= 15 is 0 Å². The molecule has 1 heterocycles. The van der Waals surface area contributed by atoms with E-state index in [4.69, 9.17) is 4.43 Å². The molecule has 4 heteroatoms. The fourth-order valence-corrected chi connectivity index (χ4v) is 5.37. The van der Waals surface area contributed by atoms with E-state index in [-0.39, 0.29) is 5.91 Å². The molecule has 15 heavy (non-hydrogen) atoms. The summed E-state index contributed by atoms with van der Waals surface area (Å²) in [5.41, 5.74) is 0.654. The van der Waals surface area contributed by atoms with Crippen LogP contribution in [0.4, 0.5) is 0 Å². The standard InChI is InChI=1S/C11H23NO2Si/c1-10-7-5-6-8-14-15(10,4)9-12(3)11(2)13/h10H,5-9H2,1-4H3. The van der Waals surface area contributed by atoms with Crippen LogP contribution in [0.2, 0.25) is 12.1 Å². The average Bonchev–Trinajstić information content (AvgIpc) is 2.30. The smallest absolute Gasteiger partial charge is 0.218 e. The van der Waals surface area contributed by atoms with Crippen molar-refractivity contribution in [1.29, 1.82) is 0 Å². The second kappa shape index (κ2) is 5.12. The summed E-state index contributed by atoms with van der Waals surface area (Å²) in [6, 6.07) is 0. The van der Waals surface area contributed by atoms with Gasteiger partial charge in [-0.15, -0.1) is 0 Å². The van der Waals surface area contributed by atoms with Crippen molar-refractivity contribution in [1.82, 2.24) is 4.90 Å². The monoisotopic (exact) mass is 229 g/mol. The Hall–Kier alpha value is -0.353. The molecule has 0 N–H and O–H groups in total. The van der Waals surface area contributed by atoms with Gasteiger partial charge >= 0.3 is 0 Å². The molecule has 0 aromatic carbocycles. The maximum atomic E-state index is 11.2. The number of rotatable bonds is 2. The minimum Gasteiger partial charge on any atom is -0.415 e. The van der Waals surface area contributed by atoms with Gasteiger partial charge < -0.3 is 9.33 Å². The molecule has 1 saturated heterocycles. The molecule has 2 unspecified atom stereocenters. The van der Waals surface area contributed by atoms with Gasteiger partial charge in [0.1, 0.15) is 0 Å². The first-order valence-corrected chi connectivity index (χ1v) is 8.50. The van der Waals surface area contributed by atoms with Crippen LogP contribution in [0.15, 0.2) is 0 Å². The number of hydrogen-bond acceptors (Lipinski definition) is 2. The molecule has 1 aliphatic heterocycles. The zero-order valence-electron chi connectivity index (χ0n) is 10.4. The van der Waals surface area contributed by atoms with Gasteiger partial charge in [0.2, 0.25) is 14.2 Å². The molecule has 2 atom stereocenters. The van der Waals surface area contributed by atoms with Gasteiger partial charge in [-0.2, -0.15) is 0 Å². The van der Waals surface area contributed by atoms with Gasteiger partial charge in [-0.3, -0.25) is 4.79 Å². The summed E-state index contributed by atoms with van der Waals surface area (Å²) in [4.78, 5) is 13.1. The molecular formula is C11H23NO2Si. The van der Waals surface area contributed by atoms with Crippen molar-refractivity contribution in [2.24, 2.45) is 0 Å². The molecule has 0 radical (unpaired) electrons. The summed E-state index contributed by atoms with van der Waals surface area (Å²) in [6.45, 7) is 7.06. The Labute approximate surface area is 93.9 Å². The average molecular weight is 229 g/mol. The number of carbonyl (C=O) groups excluding carboxylic acids is 1. The minimum atomic E-state index is -1.71. The maximum Gasteiger partial charge on any atom is 0.218 e. The third-order valence-corrected chi connectivity index (χ3v) is 7.93. The third-order valence-electron chi connectivity index (χ3n) is 3.59. The predicted molar refractivity (Wildman–Crippen MR) is 64.2 cm³/mol. The van der Waals surface area contributed by atoms with Crippen LogP contribution in [-0.2, 0) is 9.22 Å². The van der Waals surface area contributed by atoms with Gasteiger partial charge in [-0.05, 0) is 18.5 Å². The lowest BCUT2D eigenvalue weighted by molar-refractivity contribution is -0.127. The molecule has 88 valence electrons. The van der Waals surface area contributed by atoms with E-state index in [1.165, 1.54) is 19.3 Å². The lowest BCUT2D eigenvalue weighted by Crippen LogP contribution is -2.50. The number of carbonyl (C=O) groups is 1. The topological polar surface area (TPSA) is 29.5 Å². The highest BCUT2D eigenvalue weighted by atomic mass is 28.4. The summed E-state index contributed by atoms with van der Waals surface area (Å²) in [6.07, 6.45) is 4.54. The van der Waals surface area contributed by atoms with Crippen LogP contribution in [0.25, 0.3) is 0 Å². The maximum absolute atomic E-state index is 11.2. The lowest BCUT2D eigenvalue weighted by Gasteiger charge is -2.34. The molecule has 1 fully saturated rings. The van der Waals surface area contributed by atoms with Crippen LogP contribution < -0.4 is 0 Å². The normalized spacial score (nSPS) is 32.1. The third kappa shape index (κ3) is 3.31. The molecular weight excluding hydrogens is 206 g/mol. The molecule has 0 saturated carbocycles. The molecule has 3 nitrogen and oxygen atoms in total. The van der Waals surface area contributed by atoms with E-state index in [0.29, 0.717) is 5.54 Å². The van der Waals surface area contributed by atoms with Crippen LogP contribution >= 0.6 is 0 Å². The van der Waals surface area contributed by atoms with Gasteiger partial charge in [-0.1, -0.05) is 19.8 Å². The second-order valence-corrected chi connectivity index (χ2v) is 9.15. The van der Waals surface area contributed by atoms with E-state index in [1.54, 1.807) is 6.92 Å². The highest BCUT2D eigenvalue weighted by molar-refractivity contribution is 6.74. The zero-order valence-corrected chi connectivity index (χ0v) is 11.4. The van der Waals surface area contributed by atoms with Crippen molar-refractivity contribution in [2.75, 3.05) is 19.8 Å². The van der Waals surface area contributed by atoms with Gasteiger partial charge in [-0.25, -0.2) is 0 Å². The summed E-state index contributed by atoms with van der Waals surface area (Å²) < 4.78 is 6.07. The highest BCUT2D eigenvalue weighted by Crippen LogP contribution is 2.31. The van der Waals surface area contributed by atoms with E-state index in [2.05, 4.69) is 13.5 Å². The first-order valence-electron chi connectivity index (χ1n) is 5.81. The van der Waals surface area contributed by atoms with Crippen molar-refractivity contribution >= 4 is 14.2 Å². The molecule has 0 aromatic rings. The SMILES string of the molecule is CC(=O)N(C)C[Si]1(C)OCCCCC1C. The molecule has 0 aromatic heterocycles.